The summed E-state index contributed by atoms with van der Waals surface area (Å²) in [6.45, 7) is 0. The van der Waals surface area contributed by atoms with Crippen LogP contribution in [0.15, 0.2) is 36.4 Å². The van der Waals surface area contributed by atoms with Crippen molar-refractivity contribution in [2.45, 2.75) is 32.1 Å². The first kappa shape index (κ1) is 13.6. The second kappa shape index (κ2) is 5.97. The van der Waals surface area contributed by atoms with Crippen LogP contribution in [0.25, 0.3) is 11.1 Å². The number of nitrogens with two attached hydrogens (primary N) is 1. The number of anilines is 1. The van der Waals surface area contributed by atoms with Gasteiger partial charge in [-0.15, -0.1) is 0 Å². The first-order chi connectivity index (χ1) is 10.3. The zero-order valence-corrected chi connectivity index (χ0v) is 12.0. The second-order valence-electron chi connectivity index (χ2n) is 5.75. The topological polar surface area (TPSA) is 62.7 Å². The third kappa shape index (κ3) is 2.90. The molecule has 1 fully saturated rings. The van der Waals surface area contributed by atoms with Gasteiger partial charge in [0, 0.05) is 11.3 Å². The molecule has 0 bridgehead atoms. The summed E-state index contributed by atoms with van der Waals surface area (Å²) in [6, 6.07) is 14.2. The van der Waals surface area contributed by atoms with Crippen LogP contribution in [0.2, 0.25) is 0 Å². The van der Waals surface area contributed by atoms with Crippen molar-refractivity contribution in [1.29, 1.82) is 5.26 Å². The average molecular weight is 277 g/mol. The summed E-state index contributed by atoms with van der Waals surface area (Å²) >= 11 is 0. The quantitative estimate of drug-likeness (QED) is 0.924. The van der Waals surface area contributed by atoms with Crippen LogP contribution in [0, 0.1) is 17.2 Å². The minimum absolute atomic E-state index is 0.354. The van der Waals surface area contributed by atoms with Crippen LogP contribution in [0.1, 0.15) is 36.9 Å². The van der Waals surface area contributed by atoms with Crippen molar-refractivity contribution in [1.82, 2.24) is 4.98 Å². The molecule has 1 saturated carbocycles. The van der Waals surface area contributed by atoms with Crippen molar-refractivity contribution in [2.75, 3.05) is 5.73 Å². The molecule has 3 nitrogen and oxygen atoms in total. The van der Waals surface area contributed by atoms with E-state index in [1.165, 1.54) is 25.7 Å². The molecule has 3 rings (SSSR count). The molecule has 0 amide bonds. The van der Waals surface area contributed by atoms with Crippen LogP contribution in [-0.2, 0) is 6.42 Å². The molecule has 1 aliphatic carbocycles. The maximum absolute atomic E-state index is 9.37. The van der Waals surface area contributed by atoms with Crippen LogP contribution in [-0.4, -0.2) is 4.98 Å². The predicted octanol–water partition coefficient (Wildman–Crippen LogP) is 3.94. The summed E-state index contributed by atoms with van der Waals surface area (Å²) in [5, 5.41) is 9.37. The minimum atomic E-state index is 0.354. The van der Waals surface area contributed by atoms with E-state index in [-0.39, 0.29) is 0 Å². The first-order valence-corrected chi connectivity index (χ1v) is 7.53. The van der Waals surface area contributed by atoms with E-state index >= 15 is 0 Å². The molecule has 1 aromatic heterocycles. The van der Waals surface area contributed by atoms with Gasteiger partial charge in [0.2, 0.25) is 0 Å². The Kier molecular flexibility index (Phi) is 3.87. The number of nitriles is 1. The summed E-state index contributed by atoms with van der Waals surface area (Å²) in [5.74, 6) is 1.07. The molecule has 2 aromatic rings. The average Bonchev–Trinajstić information content (AvgIpc) is 3.00. The van der Waals surface area contributed by atoms with Crippen molar-refractivity contribution in [2.24, 2.45) is 5.92 Å². The molecule has 0 saturated heterocycles. The Balaban J connectivity index is 2.00. The maximum Gasteiger partial charge on any atom is 0.142 e. The lowest BCUT2D eigenvalue weighted by Crippen LogP contribution is -2.06. The molecule has 0 aliphatic heterocycles. The number of benzene rings is 1. The van der Waals surface area contributed by atoms with Gasteiger partial charge in [-0.1, -0.05) is 56.0 Å². The van der Waals surface area contributed by atoms with Crippen molar-refractivity contribution in [3.63, 3.8) is 0 Å². The van der Waals surface area contributed by atoms with E-state index in [9.17, 15) is 5.26 Å². The summed E-state index contributed by atoms with van der Waals surface area (Å²) in [4.78, 5) is 4.45. The Hall–Kier alpha value is -2.34. The van der Waals surface area contributed by atoms with Crippen molar-refractivity contribution in [3.05, 3.63) is 47.7 Å². The van der Waals surface area contributed by atoms with Crippen LogP contribution in [0.5, 0.6) is 0 Å². The molecule has 3 heteroatoms. The van der Waals surface area contributed by atoms with E-state index in [0.29, 0.717) is 17.3 Å². The Bertz CT molecular complexity index is 665. The zero-order chi connectivity index (χ0) is 14.7. The summed E-state index contributed by atoms with van der Waals surface area (Å²) in [5.41, 5.74) is 9.43. The molecule has 1 aliphatic rings. The van der Waals surface area contributed by atoms with E-state index < -0.39 is 0 Å². The Labute approximate surface area is 125 Å². The second-order valence-corrected chi connectivity index (χ2v) is 5.75. The van der Waals surface area contributed by atoms with Crippen LogP contribution in [0.3, 0.4) is 0 Å². The van der Waals surface area contributed by atoms with Gasteiger partial charge >= 0.3 is 0 Å². The molecule has 1 heterocycles. The highest BCUT2D eigenvalue weighted by atomic mass is 14.8. The number of hydrogen-bond donors (Lipinski definition) is 1. The van der Waals surface area contributed by atoms with Crippen LogP contribution in [0.4, 0.5) is 5.82 Å². The van der Waals surface area contributed by atoms with E-state index in [1.807, 2.05) is 36.4 Å². The maximum atomic E-state index is 9.37. The Morgan fingerprint density at radius 3 is 2.57 bits per heavy atom. The number of rotatable bonds is 3. The molecule has 0 atom stereocenters. The van der Waals surface area contributed by atoms with Gasteiger partial charge in [-0.05, 0) is 24.0 Å². The van der Waals surface area contributed by atoms with Gasteiger partial charge in [-0.25, -0.2) is 4.98 Å². The lowest BCUT2D eigenvalue weighted by molar-refractivity contribution is 0.539. The standard InChI is InChI=1S/C18H19N3/c19-12-17-16(14-8-2-1-3-9-14)11-15(21-18(17)20)10-13-6-4-5-7-13/h1-3,8-9,11,13H,4-7,10H2,(H2,20,21). The van der Waals surface area contributed by atoms with Crippen molar-refractivity contribution >= 4 is 5.82 Å². The highest BCUT2D eigenvalue weighted by Gasteiger charge is 2.18. The SMILES string of the molecule is N#Cc1c(-c2ccccc2)cc(CC2CCCC2)nc1N. The minimum Gasteiger partial charge on any atom is -0.383 e. The van der Waals surface area contributed by atoms with Gasteiger partial charge in [-0.2, -0.15) is 5.26 Å². The highest BCUT2D eigenvalue weighted by Crippen LogP contribution is 2.31. The fourth-order valence-corrected chi connectivity index (χ4v) is 3.20. The largest absolute Gasteiger partial charge is 0.383 e. The third-order valence-electron chi connectivity index (χ3n) is 4.27. The monoisotopic (exact) mass is 277 g/mol. The van der Waals surface area contributed by atoms with Gasteiger partial charge < -0.3 is 5.73 Å². The number of aromatic nitrogens is 1. The smallest absolute Gasteiger partial charge is 0.142 e. The first-order valence-electron chi connectivity index (χ1n) is 7.53. The van der Waals surface area contributed by atoms with Crippen LogP contribution >= 0.6 is 0 Å². The Morgan fingerprint density at radius 2 is 1.90 bits per heavy atom. The predicted molar refractivity (Wildman–Crippen MR) is 84.5 cm³/mol. The molecule has 2 N–H and O–H groups in total. The third-order valence-corrected chi connectivity index (χ3v) is 4.27. The normalized spacial score (nSPS) is 15.0. The fourth-order valence-electron chi connectivity index (χ4n) is 3.20. The number of pyridine rings is 1. The molecule has 0 spiro atoms. The molecule has 21 heavy (non-hydrogen) atoms. The molecular formula is C18H19N3. The van der Waals surface area contributed by atoms with E-state index in [0.717, 1.165) is 23.2 Å². The molecule has 0 unspecified atom stereocenters. The number of hydrogen-bond acceptors (Lipinski definition) is 3. The molecule has 1 aromatic carbocycles. The summed E-state index contributed by atoms with van der Waals surface area (Å²) in [6.07, 6.45) is 6.17. The van der Waals surface area contributed by atoms with Gasteiger partial charge in [0.05, 0.1) is 0 Å². The van der Waals surface area contributed by atoms with E-state index in [2.05, 4.69) is 11.1 Å². The number of nitrogen functional groups attached to an aromatic ring is 1. The molecule has 0 radical (unpaired) electrons. The number of nitrogens with zero attached hydrogens (tertiary/aromatic N) is 2. The summed E-state index contributed by atoms with van der Waals surface area (Å²) in [7, 11) is 0. The molecular weight excluding hydrogens is 258 g/mol. The van der Waals surface area contributed by atoms with Gasteiger partial charge in [0.15, 0.2) is 0 Å². The highest BCUT2D eigenvalue weighted by molar-refractivity contribution is 5.75. The lowest BCUT2D eigenvalue weighted by Gasteiger charge is -2.12. The van der Waals surface area contributed by atoms with Crippen molar-refractivity contribution in [3.8, 4) is 17.2 Å². The van der Waals surface area contributed by atoms with Crippen LogP contribution < -0.4 is 5.73 Å². The Morgan fingerprint density at radius 1 is 1.19 bits per heavy atom. The fraction of sp³-hybridized carbons (Fsp3) is 0.333. The van der Waals surface area contributed by atoms with Gasteiger partial charge in [0.1, 0.15) is 17.5 Å². The van der Waals surface area contributed by atoms with E-state index in [1.54, 1.807) is 0 Å². The van der Waals surface area contributed by atoms with Crippen molar-refractivity contribution < 1.29 is 0 Å². The lowest BCUT2D eigenvalue weighted by atomic mass is 9.96. The zero-order valence-electron chi connectivity index (χ0n) is 12.0. The summed E-state index contributed by atoms with van der Waals surface area (Å²) < 4.78 is 0. The molecule has 106 valence electrons. The van der Waals surface area contributed by atoms with Gasteiger partial charge in [0.25, 0.3) is 0 Å². The van der Waals surface area contributed by atoms with E-state index in [4.69, 9.17) is 5.73 Å². The van der Waals surface area contributed by atoms with Gasteiger partial charge in [-0.3, -0.25) is 0 Å².